The van der Waals surface area contributed by atoms with E-state index in [1.165, 1.54) is 12.1 Å². The van der Waals surface area contributed by atoms with Crippen LogP contribution >= 0.6 is 23.5 Å². The van der Waals surface area contributed by atoms with E-state index in [1.807, 2.05) is 0 Å². The zero-order chi connectivity index (χ0) is 38.8. The van der Waals surface area contributed by atoms with E-state index in [-0.39, 0.29) is 0 Å². The molecule has 0 fully saturated rings. The molecule has 0 aliphatic heterocycles. The second-order valence-electron chi connectivity index (χ2n) is 10.1. The number of fused-ring (bicyclic) bond motifs is 2. The van der Waals surface area contributed by atoms with Crippen molar-refractivity contribution in [3.8, 4) is 12.1 Å². The lowest BCUT2D eigenvalue weighted by molar-refractivity contribution is -0.0339. The van der Waals surface area contributed by atoms with E-state index in [2.05, 4.69) is 19.7 Å². The van der Waals surface area contributed by atoms with E-state index in [0.29, 0.717) is 0 Å². The molecule has 2 aromatic heterocycles. The van der Waals surface area contributed by atoms with Gasteiger partial charge in [-0.15, -0.1) is 0 Å². The summed E-state index contributed by atoms with van der Waals surface area (Å²) in [5, 5.41) is 16.6. The van der Waals surface area contributed by atoms with Crippen LogP contribution in [0.3, 0.4) is 0 Å². The van der Waals surface area contributed by atoms with Crippen LogP contribution in [-0.4, -0.2) is 21.0 Å². The first kappa shape index (κ1) is 37.7. The Kier molecular flexibility index (Phi) is 9.56. The van der Waals surface area contributed by atoms with Crippen LogP contribution in [0.4, 0.5) is 61.5 Å². The van der Waals surface area contributed by atoms with Gasteiger partial charge < -0.3 is 0 Å². The fourth-order valence-electron chi connectivity index (χ4n) is 5.65. The standard InChI is InChI=1S/C30H4F14N6S2/c1-47-28(48-2)11-4-10-15(13(11)17-20(33)26(37)50-27(38)21(17)34)22(51-29(39,40)41)9-3-8(7(5-45)6-46)12(14(9)23(10)52-30(42,43)44)16-18(31)24(35)49-25(36)19(16)32/h3-4H2. The third-order valence-corrected chi connectivity index (χ3v) is 9.13. The van der Waals surface area contributed by atoms with Crippen LogP contribution in [0.15, 0.2) is 32.3 Å². The Balaban J connectivity index is 2.29. The smallest absolute Gasteiger partial charge is 0.201 e. The monoisotopic (exact) mass is 778 g/mol. The van der Waals surface area contributed by atoms with Crippen molar-refractivity contribution in [1.82, 2.24) is 9.97 Å². The summed E-state index contributed by atoms with van der Waals surface area (Å²) in [7, 11) is 0. The Bertz CT molecular complexity index is 2270. The van der Waals surface area contributed by atoms with Crippen molar-refractivity contribution in [2.45, 2.75) is 33.6 Å². The lowest BCUT2D eigenvalue weighted by atomic mass is 9.95. The molecule has 2 aliphatic rings. The highest BCUT2D eigenvalue weighted by Crippen LogP contribution is 2.48. The number of allylic oxidation sites excluding steroid dienone is 3. The van der Waals surface area contributed by atoms with Gasteiger partial charge in [0.2, 0.25) is 0 Å². The van der Waals surface area contributed by atoms with Crippen molar-refractivity contribution in [3.63, 3.8) is 0 Å². The Morgan fingerprint density at radius 3 is 1.23 bits per heavy atom. The predicted molar refractivity (Wildman–Crippen MR) is 149 cm³/mol. The summed E-state index contributed by atoms with van der Waals surface area (Å²) >= 11 is -2.52. The van der Waals surface area contributed by atoms with E-state index < -0.39 is 171 Å². The maximum Gasteiger partial charge on any atom is 0.523 e. The molecular weight excluding hydrogens is 774 g/mol. The molecule has 0 saturated carbocycles. The maximum atomic E-state index is 15.4. The zero-order valence-corrected chi connectivity index (χ0v) is 25.8. The summed E-state index contributed by atoms with van der Waals surface area (Å²) in [5.41, 5.74) is -23.4. The quantitative estimate of drug-likeness (QED) is 0.0888. The van der Waals surface area contributed by atoms with Crippen molar-refractivity contribution < 1.29 is 61.5 Å². The van der Waals surface area contributed by atoms with Crippen LogP contribution < -0.4 is 10.4 Å². The average Bonchev–Trinajstić information content (AvgIpc) is 3.62. The fraction of sp³-hybridized carbons (Fsp3) is 0.133. The van der Waals surface area contributed by atoms with Crippen LogP contribution in [-0.2, 0) is 12.8 Å². The Labute approximate surface area is 287 Å². The number of nitrogens with zero attached hydrogens (tertiary/aromatic N) is 6. The minimum Gasteiger partial charge on any atom is -0.201 e. The van der Waals surface area contributed by atoms with Gasteiger partial charge in [-0.3, -0.25) is 0 Å². The summed E-state index contributed by atoms with van der Waals surface area (Å²) in [6.07, 6.45) is -2.72. The van der Waals surface area contributed by atoms with E-state index in [1.54, 1.807) is 0 Å². The van der Waals surface area contributed by atoms with E-state index in [4.69, 9.17) is 13.1 Å². The third kappa shape index (κ3) is 6.18. The Morgan fingerprint density at radius 2 is 0.923 bits per heavy atom. The Morgan fingerprint density at radius 1 is 0.596 bits per heavy atom. The molecule has 5 rings (SSSR count). The number of nitriles is 2. The van der Waals surface area contributed by atoms with E-state index in [0.717, 1.165) is 0 Å². The van der Waals surface area contributed by atoms with Gasteiger partial charge in [0.25, 0.3) is 23.8 Å². The number of benzene rings is 1. The van der Waals surface area contributed by atoms with Crippen LogP contribution in [0.1, 0.15) is 22.3 Å². The van der Waals surface area contributed by atoms with Gasteiger partial charge >= 0.3 is 16.8 Å². The summed E-state index contributed by atoms with van der Waals surface area (Å²) < 4.78 is 205. The molecule has 6 nitrogen and oxygen atoms in total. The number of halogens is 14. The number of hydrogen-bond acceptors (Lipinski definition) is 6. The molecule has 0 radical (unpaired) electrons. The van der Waals surface area contributed by atoms with Gasteiger partial charge in [-0.25, -0.2) is 17.6 Å². The summed E-state index contributed by atoms with van der Waals surface area (Å²) in [6.45, 7) is 14.7. The lowest BCUT2D eigenvalue weighted by Gasteiger charge is -2.18. The first-order valence-electron chi connectivity index (χ1n) is 13.1. The molecule has 0 N–H and O–H groups in total. The SMILES string of the molecule is [C-]#[N+]C([N+]#[C-])=C1Cc2c(SC(F)(F)F)c3c(c(SC(F)(F)F)c2=C1c1c(F)c(F)nc(F)c1F)CC(=C(C#N)C#N)C=3c1c(F)c(F)nc(F)c1F. The molecule has 0 atom stereocenters. The van der Waals surface area contributed by atoms with Crippen molar-refractivity contribution >= 4 is 34.7 Å². The minimum atomic E-state index is -5.54. The van der Waals surface area contributed by atoms with Crippen LogP contribution in [0, 0.1) is 82.9 Å². The molecule has 52 heavy (non-hydrogen) atoms. The van der Waals surface area contributed by atoms with Crippen molar-refractivity contribution in [2.75, 3.05) is 0 Å². The largest absolute Gasteiger partial charge is 0.523 e. The zero-order valence-electron chi connectivity index (χ0n) is 24.2. The van der Waals surface area contributed by atoms with Crippen molar-refractivity contribution in [3.05, 3.63) is 125 Å². The summed E-state index contributed by atoms with van der Waals surface area (Å²) in [4.78, 5) is 7.35. The van der Waals surface area contributed by atoms with Crippen LogP contribution in [0.2, 0.25) is 0 Å². The van der Waals surface area contributed by atoms with Crippen LogP contribution in [0.5, 0.6) is 0 Å². The van der Waals surface area contributed by atoms with Gasteiger partial charge in [0.05, 0.1) is 16.7 Å². The fourth-order valence-corrected chi connectivity index (χ4v) is 7.36. The van der Waals surface area contributed by atoms with E-state index >= 15 is 17.6 Å². The molecule has 264 valence electrons. The normalized spacial score (nSPS) is 13.7. The third-order valence-electron chi connectivity index (χ3n) is 7.35. The van der Waals surface area contributed by atoms with Gasteiger partial charge in [-0.2, -0.15) is 74.1 Å². The molecule has 0 amide bonds. The highest BCUT2D eigenvalue weighted by atomic mass is 32.2. The minimum absolute atomic E-state index is 1.06. The molecular formula is C30H4F14N6S2. The molecule has 0 saturated heterocycles. The number of rotatable bonds is 4. The lowest BCUT2D eigenvalue weighted by Crippen LogP contribution is -2.27. The first-order chi connectivity index (χ1) is 24.2. The predicted octanol–water partition coefficient (Wildman–Crippen LogP) is 7.72. The summed E-state index contributed by atoms with van der Waals surface area (Å²) in [5.74, 6) is -20.7. The van der Waals surface area contributed by atoms with Gasteiger partial charge in [0.1, 0.15) is 30.9 Å². The molecule has 22 heteroatoms. The second-order valence-corrected chi connectivity index (χ2v) is 12.2. The van der Waals surface area contributed by atoms with Gasteiger partial charge in [0, 0.05) is 32.2 Å². The topological polar surface area (TPSA) is 82.1 Å². The van der Waals surface area contributed by atoms with Gasteiger partial charge in [-0.1, -0.05) is 0 Å². The first-order valence-corrected chi connectivity index (χ1v) is 14.7. The molecule has 0 bridgehead atoms. The number of alkyl halides is 6. The number of hydrogen-bond donors (Lipinski definition) is 0. The van der Waals surface area contributed by atoms with E-state index in [9.17, 15) is 54.4 Å². The van der Waals surface area contributed by atoms with Gasteiger partial charge in [-0.05, 0) is 52.2 Å². The number of pyridine rings is 2. The second kappa shape index (κ2) is 13.2. The van der Waals surface area contributed by atoms with Crippen LogP contribution in [0.25, 0.3) is 20.8 Å². The molecule has 2 aliphatic carbocycles. The van der Waals surface area contributed by atoms with Crippen molar-refractivity contribution in [2.24, 2.45) is 0 Å². The van der Waals surface area contributed by atoms with Crippen molar-refractivity contribution in [1.29, 1.82) is 10.5 Å². The maximum absolute atomic E-state index is 15.4. The number of aromatic nitrogens is 2. The number of thioether (sulfide) groups is 2. The molecule has 0 spiro atoms. The molecule has 3 aromatic rings. The summed E-state index contributed by atoms with van der Waals surface area (Å²) in [6, 6.07) is 2.42. The highest BCUT2D eigenvalue weighted by Gasteiger charge is 2.44. The molecule has 1 aromatic carbocycles. The van der Waals surface area contributed by atoms with Gasteiger partial charge in [0.15, 0.2) is 23.3 Å². The Hall–Kier alpha value is -5.58. The molecule has 2 heterocycles. The average molecular weight is 779 g/mol. The molecule has 0 unspecified atom stereocenters. The highest BCUT2D eigenvalue weighted by molar-refractivity contribution is 8.00.